The standard InChI is InChI=1S/C20H28N2O3/c1-19(2)14-7-8-20(19,3)17(11-14)22-21-12-13-9-15(23-4)18(25-6)16(10-13)24-5/h9-12,14,22H,7-8H2,1-6H3/b21-12-/t14-,20+/m0/s1. The van der Waals surface area contributed by atoms with E-state index in [4.69, 9.17) is 14.2 Å². The van der Waals surface area contributed by atoms with Crippen molar-refractivity contribution >= 4 is 6.21 Å². The molecular weight excluding hydrogens is 316 g/mol. The van der Waals surface area contributed by atoms with Crippen molar-refractivity contribution in [3.8, 4) is 17.2 Å². The van der Waals surface area contributed by atoms with Crippen molar-refractivity contribution in [2.75, 3.05) is 21.3 Å². The highest BCUT2D eigenvalue weighted by molar-refractivity contribution is 5.82. The van der Waals surface area contributed by atoms with Crippen LogP contribution in [0.25, 0.3) is 0 Å². The van der Waals surface area contributed by atoms with Crippen LogP contribution in [0, 0.1) is 16.7 Å². The van der Waals surface area contributed by atoms with E-state index in [9.17, 15) is 0 Å². The second-order valence-electron chi connectivity index (χ2n) is 7.61. The van der Waals surface area contributed by atoms with Crippen LogP contribution in [-0.4, -0.2) is 27.5 Å². The van der Waals surface area contributed by atoms with Crippen molar-refractivity contribution in [3.63, 3.8) is 0 Å². The molecule has 2 bridgehead atoms. The molecule has 1 aromatic rings. The molecule has 5 nitrogen and oxygen atoms in total. The number of hydrogen-bond donors (Lipinski definition) is 1. The fraction of sp³-hybridized carbons (Fsp3) is 0.550. The maximum Gasteiger partial charge on any atom is 0.203 e. The highest BCUT2D eigenvalue weighted by Crippen LogP contribution is 2.64. The molecule has 1 N–H and O–H groups in total. The zero-order valence-electron chi connectivity index (χ0n) is 16.0. The molecule has 0 radical (unpaired) electrons. The van der Waals surface area contributed by atoms with Crippen LogP contribution in [0.3, 0.4) is 0 Å². The normalized spacial score (nSPS) is 26.6. The summed E-state index contributed by atoms with van der Waals surface area (Å²) in [5, 5.41) is 4.46. The molecule has 2 aliphatic rings. The van der Waals surface area contributed by atoms with Crippen LogP contribution >= 0.6 is 0 Å². The van der Waals surface area contributed by atoms with Crippen molar-refractivity contribution in [1.29, 1.82) is 0 Å². The number of nitrogens with zero attached hydrogens (tertiary/aromatic N) is 1. The predicted molar refractivity (Wildman–Crippen MR) is 99.5 cm³/mol. The second-order valence-corrected chi connectivity index (χ2v) is 7.61. The molecule has 0 amide bonds. The van der Waals surface area contributed by atoms with Crippen molar-refractivity contribution in [3.05, 3.63) is 29.5 Å². The molecule has 0 heterocycles. The summed E-state index contributed by atoms with van der Waals surface area (Å²) in [5.74, 6) is 2.46. The summed E-state index contributed by atoms with van der Waals surface area (Å²) in [6, 6.07) is 3.76. The first kappa shape index (κ1) is 17.6. The van der Waals surface area contributed by atoms with Gasteiger partial charge >= 0.3 is 0 Å². The minimum absolute atomic E-state index is 0.171. The number of hydrogen-bond acceptors (Lipinski definition) is 5. The molecule has 3 rings (SSSR count). The van der Waals surface area contributed by atoms with Crippen molar-refractivity contribution in [2.24, 2.45) is 21.8 Å². The Hall–Kier alpha value is -2.17. The van der Waals surface area contributed by atoms with Crippen LogP contribution in [0.5, 0.6) is 17.2 Å². The average molecular weight is 344 g/mol. The highest BCUT2D eigenvalue weighted by Gasteiger charge is 2.57. The van der Waals surface area contributed by atoms with Gasteiger partial charge in [0.05, 0.1) is 27.5 Å². The molecule has 0 aromatic heterocycles. The van der Waals surface area contributed by atoms with Gasteiger partial charge in [0.1, 0.15) is 0 Å². The average Bonchev–Trinajstić information content (AvgIpc) is 2.94. The largest absolute Gasteiger partial charge is 0.493 e. The fourth-order valence-corrected chi connectivity index (χ4v) is 4.21. The lowest BCUT2D eigenvalue weighted by Gasteiger charge is -2.36. The van der Waals surface area contributed by atoms with Crippen LogP contribution in [0.1, 0.15) is 39.2 Å². The van der Waals surface area contributed by atoms with Crippen LogP contribution in [0.4, 0.5) is 0 Å². The van der Waals surface area contributed by atoms with Crippen molar-refractivity contribution < 1.29 is 14.2 Å². The molecule has 1 saturated carbocycles. The number of hydrazone groups is 1. The highest BCUT2D eigenvalue weighted by atomic mass is 16.5. The van der Waals surface area contributed by atoms with Crippen molar-refractivity contribution in [2.45, 2.75) is 33.6 Å². The Labute approximate surface area is 150 Å². The van der Waals surface area contributed by atoms with E-state index in [0.717, 1.165) is 5.56 Å². The molecule has 2 aliphatic carbocycles. The lowest BCUT2D eigenvalue weighted by Crippen LogP contribution is -2.33. The smallest absolute Gasteiger partial charge is 0.203 e. The van der Waals surface area contributed by atoms with E-state index in [1.807, 2.05) is 12.1 Å². The van der Waals surface area contributed by atoms with E-state index in [1.165, 1.54) is 18.5 Å². The van der Waals surface area contributed by atoms with Crippen LogP contribution < -0.4 is 19.6 Å². The quantitative estimate of drug-likeness (QED) is 0.626. The van der Waals surface area contributed by atoms with E-state index < -0.39 is 0 Å². The lowest BCUT2D eigenvalue weighted by atomic mass is 9.69. The van der Waals surface area contributed by atoms with Gasteiger partial charge < -0.3 is 14.2 Å². The zero-order valence-corrected chi connectivity index (χ0v) is 16.0. The van der Waals surface area contributed by atoms with Gasteiger partial charge in [-0.15, -0.1) is 0 Å². The molecule has 0 unspecified atom stereocenters. The number of fused-ring (bicyclic) bond motifs is 2. The molecule has 0 saturated heterocycles. The Morgan fingerprint density at radius 2 is 1.72 bits per heavy atom. The van der Waals surface area contributed by atoms with Gasteiger partial charge in [-0.3, -0.25) is 5.43 Å². The topological polar surface area (TPSA) is 52.1 Å². The number of methoxy groups -OCH3 is 3. The fourth-order valence-electron chi connectivity index (χ4n) is 4.21. The van der Waals surface area contributed by atoms with E-state index >= 15 is 0 Å². The van der Waals surface area contributed by atoms with Gasteiger partial charge in [0.25, 0.3) is 0 Å². The minimum Gasteiger partial charge on any atom is -0.493 e. The predicted octanol–water partition coefficient (Wildman–Crippen LogP) is 3.98. The summed E-state index contributed by atoms with van der Waals surface area (Å²) in [4.78, 5) is 0. The van der Waals surface area contributed by atoms with Gasteiger partial charge in [-0.1, -0.05) is 26.8 Å². The molecule has 2 atom stereocenters. The Bertz CT molecular complexity index is 699. The third-order valence-corrected chi connectivity index (χ3v) is 6.35. The molecule has 136 valence electrons. The number of benzene rings is 1. The molecule has 1 fully saturated rings. The monoisotopic (exact) mass is 344 g/mol. The SMILES string of the molecule is COc1cc(/C=N\NC2=C[C@@H]3CC[C@@]2(C)C3(C)C)cc(OC)c1OC. The third kappa shape index (κ3) is 2.66. The second kappa shape index (κ2) is 6.28. The molecule has 25 heavy (non-hydrogen) atoms. The van der Waals surface area contributed by atoms with Gasteiger partial charge in [0.15, 0.2) is 11.5 Å². The van der Waals surface area contributed by atoms with Crippen molar-refractivity contribution in [1.82, 2.24) is 5.43 Å². The summed E-state index contributed by atoms with van der Waals surface area (Å²) in [6.07, 6.45) is 6.62. The lowest BCUT2D eigenvalue weighted by molar-refractivity contribution is 0.164. The first-order chi connectivity index (χ1) is 11.9. The molecule has 5 heteroatoms. The van der Waals surface area contributed by atoms with Gasteiger partial charge in [-0.2, -0.15) is 5.10 Å². The summed E-state index contributed by atoms with van der Waals surface area (Å²) < 4.78 is 16.1. The van der Waals surface area contributed by atoms with Crippen LogP contribution in [-0.2, 0) is 0 Å². The Balaban J connectivity index is 1.79. The summed E-state index contributed by atoms with van der Waals surface area (Å²) in [7, 11) is 4.82. The third-order valence-electron chi connectivity index (χ3n) is 6.35. The minimum atomic E-state index is 0.171. The Morgan fingerprint density at radius 3 is 2.16 bits per heavy atom. The summed E-state index contributed by atoms with van der Waals surface area (Å²) in [5.41, 5.74) is 5.86. The molecule has 1 aromatic carbocycles. The summed E-state index contributed by atoms with van der Waals surface area (Å²) >= 11 is 0. The number of rotatable bonds is 6. The Morgan fingerprint density at radius 1 is 1.08 bits per heavy atom. The first-order valence-electron chi connectivity index (χ1n) is 8.68. The summed E-state index contributed by atoms with van der Waals surface area (Å²) in [6.45, 7) is 7.06. The maximum absolute atomic E-state index is 5.38. The van der Waals surface area contributed by atoms with Gasteiger partial charge in [0, 0.05) is 16.7 Å². The number of ether oxygens (including phenoxy) is 3. The van der Waals surface area contributed by atoms with Crippen LogP contribution in [0.15, 0.2) is 29.0 Å². The van der Waals surface area contributed by atoms with Gasteiger partial charge in [0.2, 0.25) is 5.75 Å². The molecular formula is C20H28N2O3. The van der Waals surface area contributed by atoms with E-state index in [-0.39, 0.29) is 10.8 Å². The molecule has 0 spiro atoms. The van der Waals surface area contributed by atoms with E-state index in [0.29, 0.717) is 23.2 Å². The maximum atomic E-state index is 5.38. The Kier molecular flexibility index (Phi) is 4.43. The first-order valence-corrected chi connectivity index (χ1v) is 8.68. The number of allylic oxidation sites excluding steroid dienone is 2. The number of nitrogens with one attached hydrogen (secondary N) is 1. The van der Waals surface area contributed by atoms with E-state index in [1.54, 1.807) is 27.5 Å². The zero-order chi connectivity index (χ0) is 18.2. The van der Waals surface area contributed by atoms with Crippen LogP contribution in [0.2, 0.25) is 0 Å². The van der Waals surface area contributed by atoms with Gasteiger partial charge in [-0.05, 0) is 36.3 Å². The van der Waals surface area contributed by atoms with Gasteiger partial charge in [-0.25, -0.2) is 0 Å². The van der Waals surface area contributed by atoms with E-state index in [2.05, 4.69) is 37.4 Å². The molecule has 0 aliphatic heterocycles.